The Balaban J connectivity index is 2.11. The van der Waals surface area contributed by atoms with Crippen LogP contribution in [0.1, 0.15) is 37.3 Å². The standard InChI is InChI=1S/C16H21NO3/c1-10-7-5-6-8-11(10)12-9-13(12)14(18)17(4)16(2,3)15(19)20/h5-8,12-13H,9H2,1-4H3,(H,19,20). The lowest BCUT2D eigenvalue weighted by molar-refractivity contribution is -0.155. The van der Waals surface area contributed by atoms with E-state index in [1.807, 2.05) is 25.1 Å². The molecule has 2 atom stereocenters. The lowest BCUT2D eigenvalue weighted by Crippen LogP contribution is -2.51. The Morgan fingerprint density at radius 2 is 1.90 bits per heavy atom. The molecule has 4 nitrogen and oxygen atoms in total. The molecule has 1 aliphatic rings. The molecule has 0 aromatic heterocycles. The van der Waals surface area contributed by atoms with Gasteiger partial charge in [0.1, 0.15) is 5.54 Å². The summed E-state index contributed by atoms with van der Waals surface area (Å²) < 4.78 is 0. The van der Waals surface area contributed by atoms with Crippen molar-refractivity contribution in [3.05, 3.63) is 35.4 Å². The Labute approximate surface area is 119 Å². The van der Waals surface area contributed by atoms with Crippen LogP contribution in [0.15, 0.2) is 24.3 Å². The highest BCUT2D eigenvalue weighted by molar-refractivity contribution is 5.89. The van der Waals surface area contributed by atoms with E-state index in [1.54, 1.807) is 20.9 Å². The molecule has 0 aliphatic heterocycles. The summed E-state index contributed by atoms with van der Waals surface area (Å²) in [5.41, 5.74) is 1.22. The van der Waals surface area contributed by atoms with Crippen LogP contribution in [0.5, 0.6) is 0 Å². The second-order valence-corrected chi connectivity index (χ2v) is 6.07. The first-order chi connectivity index (χ1) is 9.26. The van der Waals surface area contributed by atoms with Gasteiger partial charge in [-0.2, -0.15) is 0 Å². The molecule has 20 heavy (non-hydrogen) atoms. The predicted molar refractivity (Wildman–Crippen MR) is 76.5 cm³/mol. The molecule has 2 rings (SSSR count). The molecule has 0 radical (unpaired) electrons. The summed E-state index contributed by atoms with van der Waals surface area (Å²) >= 11 is 0. The van der Waals surface area contributed by atoms with Gasteiger partial charge in [0.15, 0.2) is 0 Å². The van der Waals surface area contributed by atoms with Crippen LogP contribution in [0.25, 0.3) is 0 Å². The van der Waals surface area contributed by atoms with E-state index in [0.29, 0.717) is 0 Å². The van der Waals surface area contributed by atoms with Gasteiger partial charge >= 0.3 is 5.97 Å². The SMILES string of the molecule is Cc1ccccc1C1CC1C(=O)N(C)C(C)(C)C(=O)O. The first-order valence-electron chi connectivity index (χ1n) is 6.83. The van der Waals surface area contributed by atoms with Crippen molar-refractivity contribution in [1.82, 2.24) is 4.90 Å². The number of benzene rings is 1. The van der Waals surface area contributed by atoms with E-state index in [9.17, 15) is 14.7 Å². The van der Waals surface area contributed by atoms with Crippen molar-refractivity contribution in [1.29, 1.82) is 0 Å². The van der Waals surface area contributed by atoms with Gasteiger partial charge in [0.05, 0.1) is 0 Å². The van der Waals surface area contributed by atoms with Gasteiger partial charge in [0.2, 0.25) is 5.91 Å². The molecule has 0 heterocycles. The Bertz CT molecular complexity index is 550. The maximum absolute atomic E-state index is 12.4. The molecule has 0 bridgehead atoms. The van der Waals surface area contributed by atoms with Crippen LogP contribution in [0.4, 0.5) is 0 Å². The first kappa shape index (κ1) is 14.6. The largest absolute Gasteiger partial charge is 0.480 e. The van der Waals surface area contributed by atoms with Gasteiger partial charge in [-0.1, -0.05) is 24.3 Å². The second kappa shape index (κ2) is 4.93. The molecule has 1 amide bonds. The van der Waals surface area contributed by atoms with Crippen LogP contribution >= 0.6 is 0 Å². The monoisotopic (exact) mass is 275 g/mol. The van der Waals surface area contributed by atoms with Gasteiger partial charge in [-0.05, 0) is 44.2 Å². The van der Waals surface area contributed by atoms with Gasteiger partial charge in [0.25, 0.3) is 0 Å². The minimum atomic E-state index is -1.17. The highest BCUT2D eigenvalue weighted by atomic mass is 16.4. The van der Waals surface area contributed by atoms with Crippen LogP contribution in [0.2, 0.25) is 0 Å². The second-order valence-electron chi connectivity index (χ2n) is 6.07. The van der Waals surface area contributed by atoms with E-state index in [0.717, 1.165) is 6.42 Å². The molecule has 1 aliphatic carbocycles. The van der Waals surface area contributed by atoms with E-state index in [-0.39, 0.29) is 17.7 Å². The molecular formula is C16H21NO3. The van der Waals surface area contributed by atoms with Crippen LogP contribution in [0.3, 0.4) is 0 Å². The number of carbonyl (C=O) groups excluding carboxylic acids is 1. The number of hydrogen-bond acceptors (Lipinski definition) is 2. The zero-order valence-electron chi connectivity index (χ0n) is 12.4. The van der Waals surface area contributed by atoms with Crippen molar-refractivity contribution in [2.75, 3.05) is 7.05 Å². The fraction of sp³-hybridized carbons (Fsp3) is 0.500. The fourth-order valence-corrected chi connectivity index (χ4v) is 2.48. The van der Waals surface area contributed by atoms with E-state index in [4.69, 9.17) is 0 Å². The molecule has 108 valence electrons. The van der Waals surface area contributed by atoms with Crippen molar-refractivity contribution >= 4 is 11.9 Å². The fourth-order valence-electron chi connectivity index (χ4n) is 2.48. The predicted octanol–water partition coefficient (Wildman–Crippen LogP) is 2.42. The third-order valence-corrected chi connectivity index (χ3v) is 4.39. The average molecular weight is 275 g/mol. The number of rotatable bonds is 4. The van der Waals surface area contributed by atoms with E-state index in [2.05, 4.69) is 6.07 Å². The number of carboxylic acids is 1. The lowest BCUT2D eigenvalue weighted by atomic mass is 10.0. The van der Waals surface area contributed by atoms with Crippen LogP contribution in [0, 0.1) is 12.8 Å². The van der Waals surface area contributed by atoms with Crippen molar-refractivity contribution in [3.8, 4) is 0 Å². The number of aryl methyl sites for hydroxylation is 1. The average Bonchev–Trinajstić information content (AvgIpc) is 3.17. The summed E-state index contributed by atoms with van der Waals surface area (Å²) in [4.78, 5) is 25.0. The van der Waals surface area contributed by atoms with E-state index in [1.165, 1.54) is 16.0 Å². The first-order valence-corrected chi connectivity index (χ1v) is 6.83. The van der Waals surface area contributed by atoms with Crippen molar-refractivity contribution in [2.24, 2.45) is 5.92 Å². The zero-order valence-corrected chi connectivity index (χ0v) is 12.4. The molecule has 0 spiro atoms. The zero-order chi connectivity index (χ0) is 15.1. The molecule has 4 heteroatoms. The Morgan fingerprint density at radius 3 is 2.45 bits per heavy atom. The van der Waals surface area contributed by atoms with Crippen LogP contribution < -0.4 is 0 Å². The van der Waals surface area contributed by atoms with Crippen LogP contribution in [-0.2, 0) is 9.59 Å². The third kappa shape index (κ3) is 2.42. The molecular weight excluding hydrogens is 254 g/mol. The van der Waals surface area contributed by atoms with Crippen molar-refractivity contribution in [3.63, 3.8) is 0 Å². The molecule has 1 aromatic rings. The van der Waals surface area contributed by atoms with Gasteiger partial charge < -0.3 is 10.0 Å². The number of hydrogen-bond donors (Lipinski definition) is 1. The summed E-state index contributed by atoms with van der Waals surface area (Å²) in [5, 5.41) is 9.20. The normalized spacial score (nSPS) is 21.4. The van der Waals surface area contributed by atoms with Crippen LogP contribution in [-0.4, -0.2) is 34.5 Å². The quantitative estimate of drug-likeness (QED) is 0.918. The van der Waals surface area contributed by atoms with E-state index >= 15 is 0 Å². The highest BCUT2D eigenvalue weighted by Gasteiger charge is 2.49. The minimum absolute atomic E-state index is 0.0781. The topological polar surface area (TPSA) is 57.6 Å². The number of aliphatic carboxylic acids is 1. The molecule has 1 N–H and O–H groups in total. The lowest BCUT2D eigenvalue weighted by Gasteiger charge is -2.31. The Morgan fingerprint density at radius 1 is 1.30 bits per heavy atom. The van der Waals surface area contributed by atoms with Gasteiger partial charge in [-0.15, -0.1) is 0 Å². The molecule has 0 saturated heterocycles. The van der Waals surface area contributed by atoms with E-state index < -0.39 is 11.5 Å². The number of nitrogens with zero attached hydrogens (tertiary/aromatic N) is 1. The summed E-state index contributed by atoms with van der Waals surface area (Å²) in [5.74, 6) is -0.914. The molecule has 1 aromatic carbocycles. The summed E-state index contributed by atoms with van der Waals surface area (Å²) in [6.07, 6.45) is 0.809. The number of likely N-dealkylation sites (N-methyl/N-ethyl adjacent to an activating group) is 1. The maximum Gasteiger partial charge on any atom is 0.329 e. The third-order valence-electron chi connectivity index (χ3n) is 4.39. The minimum Gasteiger partial charge on any atom is -0.480 e. The maximum atomic E-state index is 12.4. The Hall–Kier alpha value is -1.84. The number of carboxylic acid groups (broad SMARTS) is 1. The number of amides is 1. The number of carbonyl (C=O) groups is 2. The van der Waals surface area contributed by atoms with Gasteiger partial charge in [0, 0.05) is 13.0 Å². The smallest absolute Gasteiger partial charge is 0.329 e. The van der Waals surface area contributed by atoms with Crippen molar-refractivity contribution < 1.29 is 14.7 Å². The summed E-state index contributed by atoms with van der Waals surface area (Å²) in [7, 11) is 1.57. The summed E-state index contributed by atoms with van der Waals surface area (Å²) in [6, 6.07) is 8.06. The van der Waals surface area contributed by atoms with Gasteiger partial charge in [-0.25, -0.2) is 4.79 Å². The van der Waals surface area contributed by atoms with Gasteiger partial charge in [-0.3, -0.25) is 4.79 Å². The Kier molecular flexibility index (Phi) is 3.59. The molecule has 2 unspecified atom stereocenters. The highest BCUT2D eigenvalue weighted by Crippen LogP contribution is 2.49. The molecule has 1 fully saturated rings. The van der Waals surface area contributed by atoms with Crippen molar-refractivity contribution in [2.45, 2.75) is 38.6 Å². The summed E-state index contributed by atoms with van der Waals surface area (Å²) in [6.45, 7) is 5.15. The molecule has 1 saturated carbocycles.